The molecule has 0 aliphatic heterocycles. The van der Waals surface area contributed by atoms with Crippen LogP contribution < -0.4 is 10.1 Å². The number of H-pyrrole nitrogens is 1. The summed E-state index contributed by atoms with van der Waals surface area (Å²) in [6.07, 6.45) is 3.33. The maximum absolute atomic E-state index is 12.9. The Bertz CT molecular complexity index is 1330. The lowest BCUT2D eigenvalue weighted by Gasteiger charge is -2.09. The lowest BCUT2D eigenvalue weighted by atomic mass is 10.2. The first kappa shape index (κ1) is 20.9. The molecule has 0 atom stereocenters. The van der Waals surface area contributed by atoms with Crippen molar-refractivity contribution in [2.75, 3.05) is 7.11 Å². The number of carbonyl (C=O) groups is 1. The van der Waals surface area contributed by atoms with Gasteiger partial charge in [-0.15, -0.1) is 0 Å². The van der Waals surface area contributed by atoms with E-state index >= 15 is 0 Å². The Hall–Kier alpha value is -3.36. The summed E-state index contributed by atoms with van der Waals surface area (Å²) < 4.78 is 30.9. The second-order valence-corrected chi connectivity index (χ2v) is 9.13. The van der Waals surface area contributed by atoms with Crippen molar-refractivity contribution >= 4 is 38.2 Å². The predicted octanol–water partition coefficient (Wildman–Crippen LogP) is 3.99. The van der Waals surface area contributed by atoms with E-state index < -0.39 is 9.84 Å². The molecule has 9 heteroatoms. The highest BCUT2D eigenvalue weighted by atomic mass is 35.5. The number of benzene rings is 2. The highest BCUT2D eigenvalue weighted by molar-refractivity contribution is 7.91. The van der Waals surface area contributed by atoms with Gasteiger partial charge in [0.15, 0.2) is 0 Å². The average Bonchev–Trinajstić information content (AvgIpc) is 3.22. The number of rotatable bonds is 6. The van der Waals surface area contributed by atoms with E-state index in [9.17, 15) is 13.2 Å². The Morgan fingerprint density at radius 2 is 1.84 bits per heavy atom. The van der Waals surface area contributed by atoms with Gasteiger partial charge in [-0.2, -0.15) is 0 Å². The second-order valence-electron chi connectivity index (χ2n) is 6.77. The molecule has 0 unspecified atom stereocenters. The normalized spacial score (nSPS) is 11.4. The summed E-state index contributed by atoms with van der Waals surface area (Å²) in [6.45, 7) is 0.252. The maximum Gasteiger partial charge on any atom is 0.267 e. The molecule has 0 spiro atoms. The van der Waals surface area contributed by atoms with Gasteiger partial charge in [0, 0.05) is 35.9 Å². The SMILES string of the molecule is COc1cc(S(=O)(=O)c2ccc(CNC(=O)c3cc4cnccc4[nH]3)cc2)ccc1Cl. The van der Waals surface area contributed by atoms with E-state index in [2.05, 4.69) is 15.3 Å². The first-order valence-electron chi connectivity index (χ1n) is 9.27. The monoisotopic (exact) mass is 455 g/mol. The van der Waals surface area contributed by atoms with Gasteiger partial charge in [-0.05, 0) is 42.0 Å². The maximum atomic E-state index is 12.9. The van der Waals surface area contributed by atoms with Crippen LogP contribution in [0.4, 0.5) is 0 Å². The molecule has 2 aromatic carbocycles. The molecule has 0 aliphatic rings. The predicted molar refractivity (Wildman–Crippen MR) is 117 cm³/mol. The minimum Gasteiger partial charge on any atom is -0.495 e. The van der Waals surface area contributed by atoms with E-state index in [1.54, 1.807) is 36.7 Å². The Balaban J connectivity index is 1.47. The van der Waals surface area contributed by atoms with Gasteiger partial charge in [-0.25, -0.2) is 8.42 Å². The molecule has 2 heterocycles. The zero-order valence-electron chi connectivity index (χ0n) is 16.4. The van der Waals surface area contributed by atoms with Gasteiger partial charge in [0.05, 0.1) is 21.9 Å². The van der Waals surface area contributed by atoms with Gasteiger partial charge in [-0.3, -0.25) is 9.78 Å². The smallest absolute Gasteiger partial charge is 0.267 e. The molecule has 4 rings (SSSR count). The summed E-state index contributed by atoms with van der Waals surface area (Å²) in [5.74, 6) is 0.0241. The Kier molecular flexibility index (Phi) is 5.67. The van der Waals surface area contributed by atoms with Crippen LogP contribution in [0.3, 0.4) is 0 Å². The molecule has 2 N–H and O–H groups in total. The van der Waals surface area contributed by atoms with Crippen LogP contribution in [-0.2, 0) is 16.4 Å². The van der Waals surface area contributed by atoms with Crippen LogP contribution in [0, 0.1) is 0 Å². The van der Waals surface area contributed by atoms with E-state index in [4.69, 9.17) is 16.3 Å². The molecular formula is C22H18ClN3O4S. The standard InChI is InChI=1S/C22H18ClN3O4S/c1-30-21-11-17(6-7-18(21)23)31(28,29)16-4-2-14(3-5-16)12-25-22(27)20-10-15-13-24-9-8-19(15)26-20/h2-11,13,26H,12H2,1H3,(H,25,27). The van der Waals surface area contributed by atoms with Crippen LogP contribution >= 0.6 is 11.6 Å². The van der Waals surface area contributed by atoms with Crippen LogP contribution in [0.15, 0.2) is 76.8 Å². The molecule has 4 aromatic rings. The van der Waals surface area contributed by atoms with E-state index in [0.29, 0.717) is 10.7 Å². The number of nitrogens with zero attached hydrogens (tertiary/aromatic N) is 1. The summed E-state index contributed by atoms with van der Waals surface area (Å²) in [7, 11) is -2.31. The van der Waals surface area contributed by atoms with Crippen molar-refractivity contribution in [3.63, 3.8) is 0 Å². The number of carbonyl (C=O) groups excluding carboxylic acids is 1. The number of halogens is 1. The number of pyridine rings is 1. The van der Waals surface area contributed by atoms with Gasteiger partial charge < -0.3 is 15.0 Å². The quantitative estimate of drug-likeness (QED) is 0.457. The molecule has 0 aliphatic carbocycles. The molecule has 0 saturated heterocycles. The third-order valence-electron chi connectivity index (χ3n) is 4.79. The van der Waals surface area contributed by atoms with Crippen LogP contribution in [0.5, 0.6) is 5.75 Å². The van der Waals surface area contributed by atoms with Crippen LogP contribution in [-0.4, -0.2) is 31.4 Å². The van der Waals surface area contributed by atoms with Gasteiger partial charge in [-0.1, -0.05) is 23.7 Å². The van der Waals surface area contributed by atoms with Gasteiger partial charge in [0.1, 0.15) is 11.4 Å². The van der Waals surface area contributed by atoms with E-state index in [1.807, 2.05) is 0 Å². The first-order chi connectivity index (χ1) is 14.9. The number of nitrogens with one attached hydrogen (secondary N) is 2. The number of aromatic amines is 1. The van der Waals surface area contributed by atoms with Gasteiger partial charge in [0.2, 0.25) is 9.84 Å². The van der Waals surface area contributed by atoms with Gasteiger partial charge >= 0.3 is 0 Å². The summed E-state index contributed by atoms with van der Waals surface area (Å²) >= 11 is 5.98. The second kappa shape index (κ2) is 8.41. The number of hydrogen-bond acceptors (Lipinski definition) is 5. The fourth-order valence-electron chi connectivity index (χ4n) is 3.10. The summed E-state index contributed by atoms with van der Waals surface area (Å²) in [4.78, 5) is 19.7. The lowest BCUT2D eigenvalue weighted by molar-refractivity contribution is 0.0946. The Morgan fingerprint density at radius 3 is 2.55 bits per heavy atom. The van der Waals surface area contributed by atoms with E-state index in [-0.39, 0.29) is 28.0 Å². The number of methoxy groups -OCH3 is 1. The highest BCUT2D eigenvalue weighted by Crippen LogP contribution is 2.30. The number of sulfone groups is 1. The number of amides is 1. The molecule has 0 saturated carbocycles. The minimum atomic E-state index is -3.73. The zero-order valence-corrected chi connectivity index (χ0v) is 18.0. The first-order valence-corrected chi connectivity index (χ1v) is 11.1. The molecule has 0 bridgehead atoms. The molecule has 158 valence electrons. The topological polar surface area (TPSA) is 101 Å². The summed E-state index contributed by atoms with van der Waals surface area (Å²) in [5, 5.41) is 4.00. The average molecular weight is 456 g/mol. The molecular weight excluding hydrogens is 438 g/mol. The van der Waals surface area contributed by atoms with Gasteiger partial charge in [0.25, 0.3) is 5.91 Å². The third kappa shape index (κ3) is 4.26. The Morgan fingerprint density at radius 1 is 1.10 bits per heavy atom. The van der Waals surface area contributed by atoms with Crippen molar-refractivity contribution in [3.05, 3.63) is 83.3 Å². The fourth-order valence-corrected chi connectivity index (χ4v) is 4.57. The van der Waals surface area contributed by atoms with Crippen molar-refractivity contribution in [1.82, 2.24) is 15.3 Å². The highest BCUT2D eigenvalue weighted by Gasteiger charge is 2.19. The minimum absolute atomic E-state index is 0.0862. The van der Waals surface area contributed by atoms with Crippen molar-refractivity contribution in [2.45, 2.75) is 16.3 Å². The molecule has 0 radical (unpaired) electrons. The molecule has 1 amide bonds. The summed E-state index contributed by atoms with van der Waals surface area (Å²) in [5.41, 5.74) is 2.02. The summed E-state index contributed by atoms with van der Waals surface area (Å²) in [6, 6.07) is 14.2. The number of ether oxygens (including phenoxy) is 1. The molecule has 2 aromatic heterocycles. The molecule has 31 heavy (non-hydrogen) atoms. The zero-order chi connectivity index (χ0) is 22.0. The largest absolute Gasteiger partial charge is 0.495 e. The number of aromatic nitrogens is 2. The molecule has 7 nitrogen and oxygen atoms in total. The lowest BCUT2D eigenvalue weighted by Crippen LogP contribution is -2.23. The van der Waals surface area contributed by atoms with Crippen molar-refractivity contribution in [2.24, 2.45) is 0 Å². The van der Waals surface area contributed by atoms with Crippen LogP contribution in [0.25, 0.3) is 10.9 Å². The van der Waals surface area contributed by atoms with Crippen LogP contribution in [0.1, 0.15) is 16.1 Å². The van der Waals surface area contributed by atoms with Crippen molar-refractivity contribution in [3.8, 4) is 5.75 Å². The van der Waals surface area contributed by atoms with E-state index in [0.717, 1.165) is 16.5 Å². The van der Waals surface area contributed by atoms with Crippen molar-refractivity contribution < 1.29 is 17.9 Å². The molecule has 0 fully saturated rings. The van der Waals surface area contributed by atoms with E-state index in [1.165, 1.54) is 37.4 Å². The third-order valence-corrected chi connectivity index (χ3v) is 6.86. The number of hydrogen-bond donors (Lipinski definition) is 2. The van der Waals surface area contributed by atoms with Crippen LogP contribution in [0.2, 0.25) is 5.02 Å². The Labute approximate surface area is 184 Å². The van der Waals surface area contributed by atoms with Crippen molar-refractivity contribution in [1.29, 1.82) is 0 Å². The number of fused-ring (bicyclic) bond motifs is 1. The fraction of sp³-hybridized carbons (Fsp3) is 0.0909.